The quantitative estimate of drug-likeness (QED) is 0.874. The lowest BCUT2D eigenvalue weighted by molar-refractivity contribution is 0.144. The lowest BCUT2D eigenvalue weighted by atomic mass is 10.0. The summed E-state index contributed by atoms with van der Waals surface area (Å²) in [5, 5.41) is 13.4. The summed E-state index contributed by atoms with van der Waals surface area (Å²) < 4.78 is 0. The summed E-state index contributed by atoms with van der Waals surface area (Å²) in [5.41, 5.74) is 1.16. The number of amides is 2. The highest BCUT2D eigenvalue weighted by Gasteiger charge is 2.33. The molecule has 6 heteroatoms. The second-order valence-electron chi connectivity index (χ2n) is 5.66. The van der Waals surface area contributed by atoms with Gasteiger partial charge in [0, 0.05) is 24.4 Å². The van der Waals surface area contributed by atoms with Gasteiger partial charge in [0.2, 0.25) is 0 Å². The Morgan fingerprint density at radius 1 is 1.57 bits per heavy atom. The van der Waals surface area contributed by atoms with Gasteiger partial charge in [-0.2, -0.15) is 0 Å². The van der Waals surface area contributed by atoms with E-state index in [1.807, 2.05) is 0 Å². The molecule has 1 fully saturated rings. The van der Waals surface area contributed by atoms with Crippen molar-refractivity contribution in [2.45, 2.75) is 46.1 Å². The van der Waals surface area contributed by atoms with Crippen LogP contribution in [0.2, 0.25) is 0 Å². The molecule has 21 heavy (non-hydrogen) atoms. The fourth-order valence-electron chi connectivity index (χ4n) is 2.84. The molecule has 0 bridgehead atoms. The van der Waals surface area contributed by atoms with Gasteiger partial charge in [-0.05, 0) is 25.7 Å². The third-order valence-electron chi connectivity index (χ3n) is 4.22. The highest BCUT2D eigenvalue weighted by Crippen LogP contribution is 2.23. The summed E-state index contributed by atoms with van der Waals surface area (Å²) in [4.78, 5) is 19.8. The first-order valence-corrected chi connectivity index (χ1v) is 8.49. The molecule has 0 saturated carbocycles. The molecule has 2 atom stereocenters. The number of hydrogen-bond donors (Lipinski definition) is 2. The molecule has 118 valence electrons. The minimum absolute atomic E-state index is 0.0418. The van der Waals surface area contributed by atoms with E-state index < -0.39 is 0 Å². The molecule has 0 spiro atoms. The van der Waals surface area contributed by atoms with Gasteiger partial charge < -0.3 is 15.3 Å². The molecule has 1 aromatic rings. The topological polar surface area (TPSA) is 65.5 Å². The molecule has 0 aliphatic carbocycles. The first kappa shape index (κ1) is 16.2. The number of thiazole rings is 1. The second kappa shape index (κ2) is 7.22. The molecule has 1 aliphatic heterocycles. The lowest BCUT2D eigenvalue weighted by Crippen LogP contribution is -2.46. The number of carbonyl (C=O) groups excluding carboxylic acids is 1. The number of aliphatic hydroxyl groups excluding tert-OH is 1. The number of urea groups is 1. The molecule has 2 rings (SSSR count). The molecule has 1 aromatic heterocycles. The summed E-state index contributed by atoms with van der Waals surface area (Å²) in [6.45, 7) is 7.65. The maximum absolute atomic E-state index is 12.2. The molecule has 2 unspecified atom stereocenters. The van der Waals surface area contributed by atoms with Crippen molar-refractivity contribution in [2.24, 2.45) is 5.92 Å². The predicted octanol–water partition coefficient (Wildman–Crippen LogP) is 1.97. The number of aryl methyl sites for hydroxylation is 2. The predicted molar refractivity (Wildman–Crippen MR) is 84.7 cm³/mol. The normalized spacial score (nSPS) is 21.8. The van der Waals surface area contributed by atoms with Gasteiger partial charge in [0.15, 0.2) is 0 Å². The SMILES string of the molecule is CCc1nc(CCNC(=O)N2CCC(C)C2CO)sc1C. The van der Waals surface area contributed by atoms with Crippen molar-refractivity contribution in [2.75, 3.05) is 19.7 Å². The largest absolute Gasteiger partial charge is 0.394 e. The molecule has 0 radical (unpaired) electrons. The fourth-order valence-corrected chi connectivity index (χ4v) is 3.86. The number of nitrogens with one attached hydrogen (secondary N) is 1. The zero-order valence-corrected chi connectivity index (χ0v) is 13.9. The van der Waals surface area contributed by atoms with Gasteiger partial charge in [0.1, 0.15) is 0 Å². The highest BCUT2D eigenvalue weighted by atomic mass is 32.1. The third kappa shape index (κ3) is 3.74. The van der Waals surface area contributed by atoms with Crippen LogP contribution in [0.5, 0.6) is 0 Å². The van der Waals surface area contributed by atoms with Crippen molar-refractivity contribution < 1.29 is 9.90 Å². The molecule has 5 nitrogen and oxygen atoms in total. The Balaban J connectivity index is 1.81. The highest BCUT2D eigenvalue weighted by molar-refractivity contribution is 7.11. The first-order chi connectivity index (χ1) is 10.1. The van der Waals surface area contributed by atoms with E-state index in [1.54, 1.807) is 16.2 Å². The van der Waals surface area contributed by atoms with E-state index in [-0.39, 0.29) is 18.7 Å². The van der Waals surface area contributed by atoms with Crippen LogP contribution in [-0.4, -0.2) is 46.8 Å². The number of aromatic nitrogens is 1. The van der Waals surface area contributed by atoms with Crippen molar-refractivity contribution in [1.29, 1.82) is 0 Å². The van der Waals surface area contributed by atoms with Crippen LogP contribution >= 0.6 is 11.3 Å². The Kier molecular flexibility index (Phi) is 5.58. The first-order valence-electron chi connectivity index (χ1n) is 7.67. The van der Waals surface area contributed by atoms with E-state index in [9.17, 15) is 9.90 Å². The van der Waals surface area contributed by atoms with Crippen molar-refractivity contribution in [1.82, 2.24) is 15.2 Å². The van der Waals surface area contributed by atoms with E-state index in [0.717, 1.165) is 36.5 Å². The van der Waals surface area contributed by atoms with Gasteiger partial charge in [-0.1, -0.05) is 13.8 Å². The average Bonchev–Trinajstić information content (AvgIpc) is 3.01. The van der Waals surface area contributed by atoms with E-state index in [2.05, 4.69) is 31.1 Å². The van der Waals surface area contributed by atoms with Gasteiger partial charge in [0.25, 0.3) is 0 Å². The molecule has 1 aliphatic rings. The zero-order chi connectivity index (χ0) is 15.4. The van der Waals surface area contributed by atoms with Crippen molar-refractivity contribution in [3.8, 4) is 0 Å². The Morgan fingerprint density at radius 2 is 2.33 bits per heavy atom. The summed E-state index contributed by atoms with van der Waals surface area (Å²) in [5.74, 6) is 0.370. The van der Waals surface area contributed by atoms with Crippen molar-refractivity contribution in [3.05, 3.63) is 15.6 Å². The minimum Gasteiger partial charge on any atom is -0.394 e. The Bertz CT molecular complexity index is 489. The molecule has 1 saturated heterocycles. The van der Waals surface area contributed by atoms with Crippen LogP contribution in [0.25, 0.3) is 0 Å². The van der Waals surface area contributed by atoms with Gasteiger partial charge in [-0.15, -0.1) is 11.3 Å². The molecular formula is C15H25N3O2S. The summed E-state index contributed by atoms with van der Waals surface area (Å²) in [6.07, 6.45) is 2.69. The van der Waals surface area contributed by atoms with Gasteiger partial charge in [-0.25, -0.2) is 9.78 Å². The maximum atomic E-state index is 12.2. The fraction of sp³-hybridized carbons (Fsp3) is 0.733. The number of hydrogen-bond acceptors (Lipinski definition) is 4. The standard InChI is InChI=1S/C15H25N3O2S/c1-4-12-11(3)21-14(17-12)5-7-16-15(20)18-8-6-10(2)13(18)9-19/h10,13,19H,4-9H2,1-3H3,(H,16,20). The smallest absolute Gasteiger partial charge is 0.317 e. The lowest BCUT2D eigenvalue weighted by Gasteiger charge is -2.25. The molecule has 2 amide bonds. The average molecular weight is 311 g/mol. The van der Waals surface area contributed by atoms with Crippen LogP contribution in [-0.2, 0) is 12.8 Å². The van der Waals surface area contributed by atoms with Crippen LogP contribution in [0, 0.1) is 12.8 Å². The van der Waals surface area contributed by atoms with E-state index >= 15 is 0 Å². The molecule has 2 N–H and O–H groups in total. The number of likely N-dealkylation sites (tertiary alicyclic amines) is 1. The third-order valence-corrected chi connectivity index (χ3v) is 5.29. The molecule has 0 aromatic carbocycles. The summed E-state index contributed by atoms with van der Waals surface area (Å²) >= 11 is 1.71. The number of aliphatic hydroxyl groups is 1. The maximum Gasteiger partial charge on any atom is 0.317 e. The molecule has 2 heterocycles. The Morgan fingerprint density at radius 3 is 2.95 bits per heavy atom. The van der Waals surface area contributed by atoms with E-state index in [0.29, 0.717) is 12.5 Å². The van der Waals surface area contributed by atoms with Gasteiger partial charge in [0.05, 0.1) is 23.4 Å². The van der Waals surface area contributed by atoms with E-state index in [1.165, 1.54) is 4.88 Å². The van der Waals surface area contributed by atoms with Crippen LogP contribution in [0.3, 0.4) is 0 Å². The van der Waals surface area contributed by atoms with Crippen LogP contribution in [0.4, 0.5) is 4.79 Å². The van der Waals surface area contributed by atoms with Crippen molar-refractivity contribution in [3.63, 3.8) is 0 Å². The van der Waals surface area contributed by atoms with Gasteiger partial charge in [-0.3, -0.25) is 0 Å². The van der Waals surface area contributed by atoms with Gasteiger partial charge >= 0.3 is 6.03 Å². The Hall–Kier alpha value is -1.14. The minimum atomic E-state index is -0.0672. The summed E-state index contributed by atoms with van der Waals surface area (Å²) in [6, 6.07) is -0.110. The van der Waals surface area contributed by atoms with Crippen LogP contribution in [0.1, 0.15) is 35.8 Å². The van der Waals surface area contributed by atoms with E-state index in [4.69, 9.17) is 0 Å². The second-order valence-corrected chi connectivity index (χ2v) is 6.94. The van der Waals surface area contributed by atoms with Crippen LogP contribution < -0.4 is 5.32 Å². The number of rotatable bonds is 5. The zero-order valence-electron chi connectivity index (χ0n) is 13.1. The van der Waals surface area contributed by atoms with Crippen LogP contribution in [0.15, 0.2) is 0 Å². The van der Waals surface area contributed by atoms with Crippen molar-refractivity contribution >= 4 is 17.4 Å². The number of carbonyl (C=O) groups is 1. The monoisotopic (exact) mass is 311 g/mol. The molecular weight excluding hydrogens is 286 g/mol. The number of nitrogens with zero attached hydrogens (tertiary/aromatic N) is 2. The Labute approximate surface area is 130 Å². The summed E-state index contributed by atoms with van der Waals surface area (Å²) in [7, 11) is 0.